The number of fused-ring (bicyclic) bond motifs is 1. The van der Waals surface area contributed by atoms with Crippen LogP contribution in [0.15, 0.2) is 22.7 Å². The first-order valence-electron chi connectivity index (χ1n) is 7.34. The molecular formula is C16H24BrNO2. The van der Waals surface area contributed by atoms with Crippen LogP contribution in [0.1, 0.15) is 38.3 Å². The van der Waals surface area contributed by atoms with E-state index < -0.39 is 0 Å². The van der Waals surface area contributed by atoms with Crippen LogP contribution in [-0.4, -0.2) is 26.4 Å². The number of methoxy groups -OCH3 is 1. The minimum absolute atomic E-state index is 0.206. The SMILES string of the molecule is CCCNC1CC(C(C)COC)Oc2ccc(Br)cc21. The Balaban J connectivity index is 2.19. The summed E-state index contributed by atoms with van der Waals surface area (Å²) in [7, 11) is 1.75. The zero-order valence-electron chi connectivity index (χ0n) is 12.5. The third kappa shape index (κ3) is 3.74. The van der Waals surface area contributed by atoms with Gasteiger partial charge in [0, 0.05) is 35.5 Å². The molecular weight excluding hydrogens is 318 g/mol. The van der Waals surface area contributed by atoms with Gasteiger partial charge in [-0.05, 0) is 31.2 Å². The Kier molecular flexibility index (Phi) is 5.87. The van der Waals surface area contributed by atoms with Gasteiger partial charge < -0.3 is 14.8 Å². The van der Waals surface area contributed by atoms with Crippen molar-refractivity contribution in [3.8, 4) is 5.75 Å². The fourth-order valence-electron chi connectivity index (χ4n) is 2.70. The molecule has 0 bridgehead atoms. The van der Waals surface area contributed by atoms with Crippen molar-refractivity contribution in [1.82, 2.24) is 5.32 Å². The number of hydrogen-bond acceptors (Lipinski definition) is 3. The fourth-order valence-corrected chi connectivity index (χ4v) is 3.08. The Hall–Kier alpha value is -0.580. The molecule has 0 fully saturated rings. The van der Waals surface area contributed by atoms with Crippen molar-refractivity contribution >= 4 is 15.9 Å². The Morgan fingerprint density at radius 2 is 2.30 bits per heavy atom. The summed E-state index contributed by atoms with van der Waals surface area (Å²) in [5.41, 5.74) is 1.26. The molecule has 0 radical (unpaired) electrons. The van der Waals surface area contributed by atoms with E-state index in [9.17, 15) is 0 Å². The van der Waals surface area contributed by atoms with Gasteiger partial charge in [0.25, 0.3) is 0 Å². The molecule has 1 aromatic rings. The topological polar surface area (TPSA) is 30.5 Å². The number of ether oxygens (including phenoxy) is 2. The minimum Gasteiger partial charge on any atom is -0.490 e. The van der Waals surface area contributed by atoms with Crippen molar-refractivity contribution in [3.05, 3.63) is 28.2 Å². The second-order valence-corrected chi connectivity index (χ2v) is 6.43. The molecule has 0 amide bonds. The molecule has 1 aliphatic rings. The minimum atomic E-state index is 0.206. The molecule has 3 atom stereocenters. The predicted octanol–water partition coefficient (Wildman–Crippen LogP) is 3.92. The summed E-state index contributed by atoms with van der Waals surface area (Å²) in [5, 5.41) is 3.64. The lowest BCUT2D eigenvalue weighted by molar-refractivity contribution is 0.0501. The molecule has 1 heterocycles. The van der Waals surface area contributed by atoms with Crippen LogP contribution in [-0.2, 0) is 4.74 Å². The van der Waals surface area contributed by atoms with Gasteiger partial charge in [0.05, 0.1) is 6.61 Å². The quantitative estimate of drug-likeness (QED) is 0.850. The molecule has 3 nitrogen and oxygen atoms in total. The molecule has 0 spiro atoms. The molecule has 4 heteroatoms. The van der Waals surface area contributed by atoms with Crippen LogP contribution in [0.2, 0.25) is 0 Å². The molecule has 1 aliphatic heterocycles. The maximum atomic E-state index is 6.17. The van der Waals surface area contributed by atoms with Gasteiger partial charge in [-0.1, -0.05) is 29.8 Å². The molecule has 0 aliphatic carbocycles. The number of benzene rings is 1. The number of nitrogens with one attached hydrogen (secondary N) is 1. The van der Waals surface area contributed by atoms with Crippen LogP contribution in [0.25, 0.3) is 0 Å². The summed E-state index contributed by atoms with van der Waals surface area (Å²) in [4.78, 5) is 0. The summed E-state index contributed by atoms with van der Waals surface area (Å²) in [6, 6.07) is 6.63. The highest BCUT2D eigenvalue weighted by Crippen LogP contribution is 2.38. The van der Waals surface area contributed by atoms with Crippen LogP contribution in [0.3, 0.4) is 0 Å². The van der Waals surface area contributed by atoms with Crippen molar-refractivity contribution < 1.29 is 9.47 Å². The largest absolute Gasteiger partial charge is 0.490 e. The van der Waals surface area contributed by atoms with Crippen LogP contribution in [0.4, 0.5) is 0 Å². The lowest BCUT2D eigenvalue weighted by Crippen LogP contribution is -2.38. The number of rotatable bonds is 6. The third-order valence-electron chi connectivity index (χ3n) is 3.80. The van der Waals surface area contributed by atoms with Gasteiger partial charge in [-0.15, -0.1) is 0 Å². The van der Waals surface area contributed by atoms with Crippen molar-refractivity contribution in [2.45, 2.75) is 38.8 Å². The van der Waals surface area contributed by atoms with Gasteiger partial charge in [0.2, 0.25) is 0 Å². The average molecular weight is 342 g/mol. The highest BCUT2D eigenvalue weighted by molar-refractivity contribution is 9.10. The Bertz CT molecular complexity index is 438. The standard InChI is InChI=1S/C16H24BrNO2/c1-4-7-18-14-9-16(11(2)10-19-3)20-15-6-5-12(17)8-13(14)15/h5-6,8,11,14,16,18H,4,7,9-10H2,1-3H3. The van der Waals surface area contributed by atoms with E-state index in [1.165, 1.54) is 5.56 Å². The van der Waals surface area contributed by atoms with Crippen molar-refractivity contribution in [2.75, 3.05) is 20.3 Å². The summed E-state index contributed by atoms with van der Waals surface area (Å²) in [6.45, 7) is 6.15. The molecule has 2 rings (SSSR count). The first-order chi connectivity index (χ1) is 9.65. The normalized spacial score (nSPS) is 23.0. The van der Waals surface area contributed by atoms with E-state index in [1.54, 1.807) is 7.11 Å². The van der Waals surface area contributed by atoms with Gasteiger partial charge >= 0.3 is 0 Å². The average Bonchev–Trinajstić information content (AvgIpc) is 2.45. The second kappa shape index (κ2) is 7.43. The van der Waals surface area contributed by atoms with E-state index in [0.717, 1.165) is 36.2 Å². The zero-order chi connectivity index (χ0) is 14.5. The van der Waals surface area contributed by atoms with Gasteiger partial charge in [-0.2, -0.15) is 0 Å². The number of hydrogen-bond donors (Lipinski definition) is 1. The lowest BCUT2D eigenvalue weighted by Gasteiger charge is -2.35. The van der Waals surface area contributed by atoms with Gasteiger partial charge in [-0.3, -0.25) is 0 Å². The van der Waals surface area contributed by atoms with E-state index in [2.05, 4.69) is 47.2 Å². The molecule has 0 saturated heterocycles. The first kappa shape index (κ1) is 15.8. The van der Waals surface area contributed by atoms with Crippen LogP contribution < -0.4 is 10.1 Å². The van der Waals surface area contributed by atoms with E-state index in [0.29, 0.717) is 12.0 Å². The molecule has 1 aromatic carbocycles. The van der Waals surface area contributed by atoms with Gasteiger partial charge in [0.15, 0.2) is 0 Å². The lowest BCUT2D eigenvalue weighted by atomic mass is 9.91. The summed E-state index contributed by atoms with van der Waals surface area (Å²) in [6.07, 6.45) is 2.34. The second-order valence-electron chi connectivity index (χ2n) is 5.51. The molecule has 3 unspecified atom stereocenters. The van der Waals surface area contributed by atoms with Crippen molar-refractivity contribution in [2.24, 2.45) is 5.92 Å². The summed E-state index contributed by atoms with van der Waals surface area (Å²) < 4.78 is 12.5. The van der Waals surface area contributed by atoms with E-state index in [-0.39, 0.29) is 6.10 Å². The van der Waals surface area contributed by atoms with E-state index in [1.807, 2.05) is 6.07 Å². The maximum absolute atomic E-state index is 6.17. The van der Waals surface area contributed by atoms with Gasteiger partial charge in [0.1, 0.15) is 11.9 Å². The predicted molar refractivity (Wildman–Crippen MR) is 85.2 cm³/mol. The van der Waals surface area contributed by atoms with Crippen LogP contribution in [0, 0.1) is 5.92 Å². The molecule has 20 heavy (non-hydrogen) atoms. The zero-order valence-corrected chi connectivity index (χ0v) is 14.1. The van der Waals surface area contributed by atoms with Gasteiger partial charge in [-0.25, -0.2) is 0 Å². The van der Waals surface area contributed by atoms with E-state index in [4.69, 9.17) is 9.47 Å². The monoisotopic (exact) mass is 341 g/mol. The Morgan fingerprint density at radius 1 is 1.50 bits per heavy atom. The first-order valence-corrected chi connectivity index (χ1v) is 8.13. The molecule has 0 saturated carbocycles. The molecule has 0 aromatic heterocycles. The highest BCUT2D eigenvalue weighted by Gasteiger charge is 2.31. The molecule has 1 N–H and O–H groups in total. The summed E-state index contributed by atoms with van der Waals surface area (Å²) in [5.74, 6) is 1.39. The van der Waals surface area contributed by atoms with E-state index >= 15 is 0 Å². The van der Waals surface area contributed by atoms with Crippen LogP contribution in [0.5, 0.6) is 5.75 Å². The smallest absolute Gasteiger partial charge is 0.124 e. The maximum Gasteiger partial charge on any atom is 0.124 e. The summed E-state index contributed by atoms with van der Waals surface area (Å²) >= 11 is 3.55. The molecule has 112 valence electrons. The van der Waals surface area contributed by atoms with Crippen LogP contribution >= 0.6 is 15.9 Å². The van der Waals surface area contributed by atoms with Crippen molar-refractivity contribution in [3.63, 3.8) is 0 Å². The van der Waals surface area contributed by atoms with Crippen molar-refractivity contribution in [1.29, 1.82) is 0 Å². The Labute approximate surface area is 130 Å². The fraction of sp³-hybridized carbons (Fsp3) is 0.625. The number of halogens is 1. The third-order valence-corrected chi connectivity index (χ3v) is 4.29. The Morgan fingerprint density at radius 3 is 3.00 bits per heavy atom. The highest BCUT2D eigenvalue weighted by atomic mass is 79.9.